The van der Waals surface area contributed by atoms with E-state index in [2.05, 4.69) is 4.98 Å². The second kappa shape index (κ2) is 5.26. The molecule has 0 saturated carbocycles. The lowest BCUT2D eigenvalue weighted by Gasteiger charge is -1.98. The molecule has 0 aromatic carbocycles. The highest BCUT2D eigenvalue weighted by Crippen LogP contribution is 2.15. The topological polar surface area (TPSA) is 64.1 Å². The van der Waals surface area contributed by atoms with Crippen LogP contribution in [0.1, 0.15) is 5.82 Å². The SMILES string of the molecule is Cc1nc(SCCN)cn1CCO. The van der Waals surface area contributed by atoms with Crippen LogP contribution in [0.3, 0.4) is 0 Å². The molecular formula is C8H15N3OS. The van der Waals surface area contributed by atoms with Crippen molar-refractivity contribution in [3.8, 4) is 0 Å². The highest BCUT2D eigenvalue weighted by atomic mass is 32.2. The Labute approximate surface area is 82.2 Å². The molecule has 0 saturated heterocycles. The number of imidazole rings is 1. The van der Waals surface area contributed by atoms with Crippen molar-refractivity contribution in [3.05, 3.63) is 12.0 Å². The average molecular weight is 201 g/mol. The number of hydrogen-bond acceptors (Lipinski definition) is 4. The van der Waals surface area contributed by atoms with Gasteiger partial charge >= 0.3 is 0 Å². The molecule has 0 unspecified atom stereocenters. The molecule has 13 heavy (non-hydrogen) atoms. The Hall–Kier alpha value is -0.520. The van der Waals surface area contributed by atoms with E-state index >= 15 is 0 Å². The number of hydrogen-bond donors (Lipinski definition) is 2. The Bertz CT molecular complexity index is 262. The molecule has 0 amide bonds. The maximum absolute atomic E-state index is 8.75. The van der Waals surface area contributed by atoms with E-state index < -0.39 is 0 Å². The molecule has 0 radical (unpaired) electrons. The minimum absolute atomic E-state index is 0.151. The van der Waals surface area contributed by atoms with Crippen LogP contribution in [0.15, 0.2) is 11.2 Å². The van der Waals surface area contributed by atoms with Gasteiger partial charge < -0.3 is 15.4 Å². The number of aromatic nitrogens is 2. The van der Waals surface area contributed by atoms with E-state index in [-0.39, 0.29) is 6.61 Å². The minimum Gasteiger partial charge on any atom is -0.395 e. The van der Waals surface area contributed by atoms with Gasteiger partial charge in [0.1, 0.15) is 10.9 Å². The summed E-state index contributed by atoms with van der Waals surface area (Å²) in [6, 6.07) is 0. The quantitative estimate of drug-likeness (QED) is 0.670. The van der Waals surface area contributed by atoms with Crippen molar-refractivity contribution in [2.75, 3.05) is 18.9 Å². The fourth-order valence-electron chi connectivity index (χ4n) is 1.05. The van der Waals surface area contributed by atoms with Gasteiger partial charge in [-0.1, -0.05) is 0 Å². The highest BCUT2D eigenvalue weighted by molar-refractivity contribution is 7.99. The fourth-order valence-corrected chi connectivity index (χ4v) is 1.77. The second-order valence-corrected chi connectivity index (χ2v) is 3.80. The van der Waals surface area contributed by atoms with Crippen molar-refractivity contribution < 1.29 is 5.11 Å². The molecule has 0 fully saturated rings. The van der Waals surface area contributed by atoms with Gasteiger partial charge in [0.05, 0.1) is 6.61 Å². The van der Waals surface area contributed by atoms with Gasteiger partial charge in [0.15, 0.2) is 0 Å². The molecule has 0 spiro atoms. The molecule has 1 heterocycles. The Morgan fingerprint density at radius 1 is 1.69 bits per heavy atom. The lowest BCUT2D eigenvalue weighted by molar-refractivity contribution is 0.274. The molecule has 0 aliphatic carbocycles. The average Bonchev–Trinajstić information content (AvgIpc) is 2.45. The predicted octanol–water partition coefficient (Wildman–Crippen LogP) is 0.235. The summed E-state index contributed by atoms with van der Waals surface area (Å²) in [6.45, 7) is 3.36. The normalized spacial score (nSPS) is 10.7. The lowest BCUT2D eigenvalue weighted by Crippen LogP contribution is -2.02. The third kappa shape index (κ3) is 3.02. The Morgan fingerprint density at radius 3 is 3.08 bits per heavy atom. The van der Waals surface area contributed by atoms with Crippen LogP contribution in [0.4, 0.5) is 0 Å². The van der Waals surface area contributed by atoms with Crippen LogP contribution in [0.5, 0.6) is 0 Å². The molecule has 0 aliphatic rings. The molecule has 0 aliphatic heterocycles. The zero-order valence-electron chi connectivity index (χ0n) is 7.73. The number of aliphatic hydroxyl groups excluding tert-OH is 1. The third-order valence-corrected chi connectivity index (χ3v) is 2.59. The van der Waals surface area contributed by atoms with Crippen LogP contribution in [-0.4, -0.2) is 33.6 Å². The smallest absolute Gasteiger partial charge is 0.114 e. The molecule has 0 atom stereocenters. The minimum atomic E-state index is 0.151. The summed E-state index contributed by atoms with van der Waals surface area (Å²) in [5.41, 5.74) is 5.38. The summed E-state index contributed by atoms with van der Waals surface area (Å²) in [4.78, 5) is 4.33. The molecule has 74 valence electrons. The van der Waals surface area contributed by atoms with Gasteiger partial charge in [-0.25, -0.2) is 4.98 Å². The third-order valence-electron chi connectivity index (χ3n) is 1.66. The Balaban J connectivity index is 2.59. The first kappa shape index (κ1) is 10.6. The van der Waals surface area contributed by atoms with Crippen molar-refractivity contribution in [2.24, 2.45) is 5.73 Å². The van der Waals surface area contributed by atoms with E-state index in [1.54, 1.807) is 11.8 Å². The zero-order valence-corrected chi connectivity index (χ0v) is 8.55. The van der Waals surface area contributed by atoms with E-state index in [1.165, 1.54) is 0 Å². The molecule has 0 bridgehead atoms. The zero-order chi connectivity index (χ0) is 9.68. The largest absolute Gasteiger partial charge is 0.395 e. The molecule has 3 N–H and O–H groups in total. The van der Waals surface area contributed by atoms with E-state index in [4.69, 9.17) is 10.8 Å². The van der Waals surface area contributed by atoms with Gasteiger partial charge in [-0.15, -0.1) is 11.8 Å². The number of nitrogens with zero attached hydrogens (tertiary/aromatic N) is 2. The van der Waals surface area contributed by atoms with Gasteiger partial charge in [0.25, 0.3) is 0 Å². The van der Waals surface area contributed by atoms with E-state index in [0.29, 0.717) is 13.1 Å². The summed E-state index contributed by atoms with van der Waals surface area (Å²) < 4.78 is 1.94. The van der Waals surface area contributed by atoms with Crippen LogP contribution in [0, 0.1) is 6.92 Å². The number of rotatable bonds is 5. The van der Waals surface area contributed by atoms with Crippen molar-refractivity contribution in [1.82, 2.24) is 9.55 Å². The summed E-state index contributed by atoms with van der Waals surface area (Å²) in [6.07, 6.45) is 1.95. The van der Waals surface area contributed by atoms with Gasteiger partial charge in [-0.2, -0.15) is 0 Å². The Kier molecular flexibility index (Phi) is 4.27. The van der Waals surface area contributed by atoms with Gasteiger partial charge in [0.2, 0.25) is 0 Å². The number of nitrogens with two attached hydrogens (primary N) is 1. The number of thioether (sulfide) groups is 1. The molecule has 4 nitrogen and oxygen atoms in total. The summed E-state index contributed by atoms with van der Waals surface area (Å²) in [7, 11) is 0. The van der Waals surface area contributed by atoms with Crippen LogP contribution in [0.2, 0.25) is 0 Å². The van der Waals surface area contributed by atoms with Crippen LogP contribution < -0.4 is 5.73 Å². The molecule has 1 aromatic rings. The van der Waals surface area contributed by atoms with Crippen molar-refractivity contribution >= 4 is 11.8 Å². The number of aryl methyl sites for hydroxylation is 1. The second-order valence-electron chi connectivity index (χ2n) is 2.68. The van der Waals surface area contributed by atoms with E-state index in [9.17, 15) is 0 Å². The standard InChI is InChI=1S/C8H15N3OS/c1-7-10-8(13-5-2-9)6-11(7)3-4-12/h6,12H,2-5,9H2,1H3. The first-order valence-corrected chi connectivity index (χ1v) is 5.24. The van der Waals surface area contributed by atoms with Crippen LogP contribution >= 0.6 is 11.8 Å². The predicted molar refractivity (Wildman–Crippen MR) is 53.8 cm³/mol. The first-order chi connectivity index (χ1) is 6.27. The van der Waals surface area contributed by atoms with Gasteiger partial charge in [-0.05, 0) is 6.92 Å². The van der Waals surface area contributed by atoms with Crippen LogP contribution in [0.25, 0.3) is 0 Å². The summed E-state index contributed by atoms with van der Waals surface area (Å²) in [5, 5.41) is 9.74. The molecule has 1 aromatic heterocycles. The lowest BCUT2D eigenvalue weighted by atomic mass is 10.6. The van der Waals surface area contributed by atoms with E-state index in [1.807, 2.05) is 17.7 Å². The van der Waals surface area contributed by atoms with Crippen molar-refractivity contribution in [3.63, 3.8) is 0 Å². The fraction of sp³-hybridized carbons (Fsp3) is 0.625. The number of aliphatic hydroxyl groups is 1. The van der Waals surface area contributed by atoms with Crippen molar-refractivity contribution in [1.29, 1.82) is 0 Å². The Morgan fingerprint density at radius 2 is 2.46 bits per heavy atom. The molecule has 1 rings (SSSR count). The first-order valence-electron chi connectivity index (χ1n) is 4.25. The molecular weight excluding hydrogens is 186 g/mol. The van der Waals surface area contributed by atoms with Crippen molar-refractivity contribution in [2.45, 2.75) is 18.5 Å². The molecule has 5 heteroatoms. The van der Waals surface area contributed by atoms with Gasteiger partial charge in [0, 0.05) is 25.0 Å². The monoisotopic (exact) mass is 201 g/mol. The van der Waals surface area contributed by atoms with Crippen LogP contribution in [-0.2, 0) is 6.54 Å². The highest BCUT2D eigenvalue weighted by Gasteiger charge is 2.02. The van der Waals surface area contributed by atoms with Gasteiger partial charge in [-0.3, -0.25) is 0 Å². The summed E-state index contributed by atoms with van der Waals surface area (Å²) >= 11 is 1.64. The van der Waals surface area contributed by atoms with E-state index in [0.717, 1.165) is 16.6 Å². The maximum atomic E-state index is 8.75. The maximum Gasteiger partial charge on any atom is 0.114 e. The summed E-state index contributed by atoms with van der Waals surface area (Å²) in [5.74, 6) is 1.82.